The lowest BCUT2D eigenvalue weighted by Gasteiger charge is -2.32. The third-order valence-corrected chi connectivity index (χ3v) is 7.18. The number of thiophene rings is 1. The van der Waals surface area contributed by atoms with Gasteiger partial charge in [0, 0.05) is 10.9 Å². The maximum absolute atomic E-state index is 13.7. The first-order valence-corrected chi connectivity index (χ1v) is 12.5. The highest BCUT2D eigenvalue weighted by Gasteiger charge is 2.34. The number of rotatable bonds is 8. The maximum Gasteiger partial charge on any atom is 0.248 e. The van der Waals surface area contributed by atoms with Crippen molar-refractivity contribution in [3.63, 3.8) is 0 Å². The van der Waals surface area contributed by atoms with E-state index in [1.165, 1.54) is 17.8 Å². The predicted molar refractivity (Wildman–Crippen MR) is 129 cm³/mol. The van der Waals surface area contributed by atoms with Crippen LogP contribution in [0.15, 0.2) is 64.6 Å². The summed E-state index contributed by atoms with van der Waals surface area (Å²) in [6.45, 7) is 0.152. The largest absolute Gasteiger partial charge is 0.467 e. The van der Waals surface area contributed by atoms with Gasteiger partial charge in [0.25, 0.3) is 0 Å². The van der Waals surface area contributed by atoms with Gasteiger partial charge in [-0.05, 0) is 48.6 Å². The number of amides is 2. The van der Waals surface area contributed by atoms with Crippen molar-refractivity contribution in [1.82, 2.24) is 25.2 Å². The van der Waals surface area contributed by atoms with E-state index < -0.39 is 6.04 Å². The number of hydrogen-bond donors (Lipinski definition) is 1. The average molecular weight is 478 g/mol. The Kier molecular flexibility index (Phi) is 6.71. The van der Waals surface area contributed by atoms with Crippen LogP contribution in [0.25, 0.3) is 11.0 Å². The van der Waals surface area contributed by atoms with Gasteiger partial charge in [0.15, 0.2) is 0 Å². The van der Waals surface area contributed by atoms with Gasteiger partial charge in [-0.2, -0.15) is 0 Å². The third kappa shape index (κ3) is 4.89. The van der Waals surface area contributed by atoms with Crippen LogP contribution in [0.3, 0.4) is 0 Å². The number of para-hydroxylation sites is 1. The number of carbonyl (C=O) groups is 2. The molecule has 0 spiro atoms. The zero-order chi connectivity index (χ0) is 23.3. The fourth-order valence-electron chi connectivity index (χ4n) is 4.55. The Labute approximate surface area is 201 Å². The van der Waals surface area contributed by atoms with Gasteiger partial charge >= 0.3 is 0 Å². The fourth-order valence-corrected chi connectivity index (χ4v) is 5.38. The fraction of sp³-hybridized carbons (Fsp3) is 0.360. The number of benzene rings is 1. The van der Waals surface area contributed by atoms with E-state index in [2.05, 4.69) is 15.6 Å². The minimum absolute atomic E-state index is 0.0280. The van der Waals surface area contributed by atoms with Crippen molar-refractivity contribution in [1.29, 1.82) is 0 Å². The van der Waals surface area contributed by atoms with Gasteiger partial charge in [0.05, 0.1) is 18.3 Å². The molecule has 0 unspecified atom stereocenters. The highest BCUT2D eigenvalue weighted by atomic mass is 32.1. The molecule has 4 aromatic rings. The van der Waals surface area contributed by atoms with Crippen LogP contribution in [0.4, 0.5) is 0 Å². The number of nitrogens with zero attached hydrogens (tertiary/aromatic N) is 4. The zero-order valence-electron chi connectivity index (χ0n) is 18.8. The molecule has 0 bridgehead atoms. The monoisotopic (exact) mass is 477 g/mol. The second kappa shape index (κ2) is 10.2. The number of furan rings is 1. The molecule has 1 aromatic carbocycles. The molecule has 0 aliphatic heterocycles. The Hall–Kier alpha value is -3.46. The molecule has 1 fully saturated rings. The highest BCUT2D eigenvalue weighted by Crippen LogP contribution is 2.29. The first-order chi connectivity index (χ1) is 16.7. The summed E-state index contributed by atoms with van der Waals surface area (Å²) >= 11 is 1.47. The topological polar surface area (TPSA) is 93.3 Å². The van der Waals surface area contributed by atoms with Gasteiger partial charge in [-0.3, -0.25) is 9.59 Å². The Morgan fingerprint density at radius 3 is 2.74 bits per heavy atom. The van der Waals surface area contributed by atoms with Crippen molar-refractivity contribution in [2.45, 2.75) is 57.3 Å². The molecule has 1 aliphatic rings. The van der Waals surface area contributed by atoms with Crippen LogP contribution in [0.5, 0.6) is 0 Å². The first kappa shape index (κ1) is 22.3. The van der Waals surface area contributed by atoms with Crippen LogP contribution in [0.1, 0.15) is 48.8 Å². The van der Waals surface area contributed by atoms with Crippen molar-refractivity contribution in [3.05, 3.63) is 70.8 Å². The molecule has 2 amide bonds. The van der Waals surface area contributed by atoms with Crippen molar-refractivity contribution < 1.29 is 14.0 Å². The zero-order valence-corrected chi connectivity index (χ0v) is 19.6. The summed E-state index contributed by atoms with van der Waals surface area (Å²) in [6.07, 6.45) is 6.95. The molecule has 34 heavy (non-hydrogen) atoms. The van der Waals surface area contributed by atoms with Gasteiger partial charge < -0.3 is 14.6 Å². The molecule has 0 radical (unpaired) electrons. The molecule has 1 N–H and O–H groups in total. The SMILES string of the molecule is O=C(NC1CCCCC1)[C@H](c1cccs1)N(Cc1ccco1)C(=O)Cn1nnc2ccccc21. The molecule has 8 nitrogen and oxygen atoms in total. The molecule has 1 atom stereocenters. The highest BCUT2D eigenvalue weighted by molar-refractivity contribution is 7.10. The summed E-state index contributed by atoms with van der Waals surface area (Å²) in [5.41, 5.74) is 1.49. The second-order valence-electron chi connectivity index (χ2n) is 8.60. The van der Waals surface area contributed by atoms with E-state index in [1.54, 1.807) is 21.9 Å². The third-order valence-electron chi connectivity index (χ3n) is 6.26. The van der Waals surface area contributed by atoms with E-state index in [0.717, 1.165) is 41.6 Å². The van der Waals surface area contributed by atoms with Crippen LogP contribution >= 0.6 is 11.3 Å². The average Bonchev–Trinajstić information content (AvgIpc) is 3.63. The van der Waals surface area contributed by atoms with Gasteiger partial charge in [-0.15, -0.1) is 16.4 Å². The summed E-state index contributed by atoms with van der Waals surface area (Å²) in [4.78, 5) is 29.8. The van der Waals surface area contributed by atoms with Crippen LogP contribution in [-0.2, 0) is 22.7 Å². The van der Waals surface area contributed by atoms with E-state index >= 15 is 0 Å². The number of nitrogens with one attached hydrogen (secondary N) is 1. The van der Waals surface area contributed by atoms with Crippen LogP contribution < -0.4 is 5.32 Å². The van der Waals surface area contributed by atoms with E-state index in [4.69, 9.17) is 4.42 Å². The number of hydrogen-bond acceptors (Lipinski definition) is 6. The summed E-state index contributed by atoms with van der Waals surface area (Å²) in [7, 11) is 0. The van der Waals surface area contributed by atoms with E-state index in [1.807, 2.05) is 47.8 Å². The molecule has 1 saturated carbocycles. The molecule has 176 valence electrons. The lowest BCUT2D eigenvalue weighted by Crippen LogP contribution is -2.47. The lowest BCUT2D eigenvalue weighted by molar-refractivity contribution is -0.142. The summed E-state index contributed by atoms with van der Waals surface area (Å²) in [6, 6.07) is 14.3. The van der Waals surface area contributed by atoms with Gasteiger partial charge in [0.1, 0.15) is 23.9 Å². The van der Waals surface area contributed by atoms with Crippen molar-refractivity contribution in [3.8, 4) is 0 Å². The minimum atomic E-state index is -0.755. The maximum atomic E-state index is 13.7. The number of aromatic nitrogens is 3. The van der Waals surface area contributed by atoms with Crippen LogP contribution in [0, 0.1) is 0 Å². The van der Waals surface area contributed by atoms with E-state index in [-0.39, 0.29) is 30.9 Å². The molecular weight excluding hydrogens is 450 g/mol. The Bertz CT molecular complexity index is 1230. The van der Waals surface area contributed by atoms with Gasteiger partial charge in [-0.25, -0.2) is 4.68 Å². The van der Waals surface area contributed by atoms with Gasteiger partial charge in [0.2, 0.25) is 11.8 Å². The Morgan fingerprint density at radius 1 is 1.12 bits per heavy atom. The second-order valence-corrected chi connectivity index (χ2v) is 9.58. The standard InChI is InChI=1S/C25H27N5O3S/c31-23(17-30-21-12-5-4-11-20(21)27-28-30)29(16-19-10-6-14-33-19)24(22-13-7-15-34-22)25(32)26-18-8-2-1-3-9-18/h4-7,10-15,18,24H,1-3,8-9,16-17H2,(H,26,32)/t24-/m0/s1. The summed E-state index contributed by atoms with van der Waals surface area (Å²) in [5.74, 6) is 0.228. The molecule has 0 saturated heterocycles. The quantitative estimate of drug-likeness (QED) is 0.408. The molecule has 9 heteroatoms. The Balaban J connectivity index is 1.46. The Morgan fingerprint density at radius 2 is 1.97 bits per heavy atom. The molecule has 3 heterocycles. The van der Waals surface area contributed by atoms with Crippen molar-refractivity contribution in [2.75, 3.05) is 0 Å². The lowest BCUT2D eigenvalue weighted by atomic mass is 9.95. The van der Waals surface area contributed by atoms with E-state index in [0.29, 0.717) is 5.76 Å². The van der Waals surface area contributed by atoms with Gasteiger partial charge in [-0.1, -0.05) is 42.7 Å². The van der Waals surface area contributed by atoms with Crippen molar-refractivity contribution >= 4 is 34.2 Å². The summed E-state index contributed by atoms with van der Waals surface area (Å²) in [5, 5.41) is 13.5. The normalized spacial score (nSPS) is 15.3. The van der Waals surface area contributed by atoms with E-state index in [9.17, 15) is 9.59 Å². The molecular formula is C25H27N5O3S. The van der Waals surface area contributed by atoms with Crippen molar-refractivity contribution in [2.24, 2.45) is 0 Å². The smallest absolute Gasteiger partial charge is 0.248 e. The minimum Gasteiger partial charge on any atom is -0.467 e. The first-order valence-electron chi connectivity index (χ1n) is 11.6. The molecule has 3 aromatic heterocycles. The number of carbonyl (C=O) groups excluding carboxylic acids is 2. The molecule has 1 aliphatic carbocycles. The number of fused-ring (bicyclic) bond motifs is 1. The predicted octanol–water partition coefficient (Wildman–Crippen LogP) is 4.30. The molecule has 5 rings (SSSR count). The van der Waals surface area contributed by atoms with Crippen LogP contribution in [-0.4, -0.2) is 37.7 Å². The van der Waals surface area contributed by atoms with Crippen LogP contribution in [0.2, 0.25) is 0 Å². The summed E-state index contributed by atoms with van der Waals surface area (Å²) < 4.78 is 7.14.